The number of hydrogen-bond donors (Lipinski definition) is 2. The molecule has 2 rings (SSSR count). The van der Waals surface area contributed by atoms with Crippen molar-refractivity contribution in [3.8, 4) is 0 Å². The molecular weight excluding hydrogens is 250 g/mol. The number of aryl methyl sites for hydroxylation is 2. The predicted octanol–water partition coefficient (Wildman–Crippen LogP) is 2.32. The van der Waals surface area contributed by atoms with Gasteiger partial charge in [-0.05, 0) is 31.6 Å². The highest BCUT2D eigenvalue weighted by Crippen LogP contribution is 2.35. The molecule has 3 N–H and O–H groups in total. The summed E-state index contributed by atoms with van der Waals surface area (Å²) in [7, 11) is 0. The van der Waals surface area contributed by atoms with Crippen LogP contribution in [0.4, 0.5) is 5.95 Å². The first-order valence-corrected chi connectivity index (χ1v) is 7.86. The van der Waals surface area contributed by atoms with Crippen LogP contribution in [-0.4, -0.2) is 27.3 Å². The van der Waals surface area contributed by atoms with E-state index < -0.39 is 0 Å². The van der Waals surface area contributed by atoms with Gasteiger partial charge in [0.25, 0.3) is 0 Å². The Morgan fingerprint density at radius 2 is 1.95 bits per heavy atom. The molecule has 112 valence electrons. The first kappa shape index (κ1) is 15.2. The van der Waals surface area contributed by atoms with Crippen LogP contribution >= 0.6 is 0 Å². The van der Waals surface area contributed by atoms with E-state index in [4.69, 9.17) is 5.73 Å². The Morgan fingerprint density at radius 1 is 1.20 bits per heavy atom. The number of nitrogens with zero attached hydrogens (tertiary/aromatic N) is 3. The number of nitrogens with two attached hydrogens (primary N) is 1. The highest BCUT2D eigenvalue weighted by atomic mass is 15.3. The van der Waals surface area contributed by atoms with E-state index in [0.29, 0.717) is 18.4 Å². The van der Waals surface area contributed by atoms with Crippen molar-refractivity contribution in [1.29, 1.82) is 0 Å². The van der Waals surface area contributed by atoms with Crippen LogP contribution in [0.1, 0.15) is 57.8 Å². The highest BCUT2D eigenvalue weighted by molar-refractivity contribution is 5.31. The van der Waals surface area contributed by atoms with Crippen molar-refractivity contribution in [2.45, 2.75) is 64.8 Å². The molecule has 5 nitrogen and oxygen atoms in total. The Balaban J connectivity index is 2.23. The maximum absolute atomic E-state index is 6.06. The highest BCUT2D eigenvalue weighted by Gasteiger charge is 2.37. The summed E-state index contributed by atoms with van der Waals surface area (Å²) in [6.45, 7) is 7.08. The summed E-state index contributed by atoms with van der Waals surface area (Å²) in [5.74, 6) is 1.18. The summed E-state index contributed by atoms with van der Waals surface area (Å²) in [5, 5.41) is 12.1. The van der Waals surface area contributed by atoms with E-state index in [1.165, 1.54) is 19.3 Å². The average Bonchev–Trinajstić information content (AvgIpc) is 2.49. The lowest BCUT2D eigenvalue weighted by Crippen LogP contribution is -2.52. The molecule has 0 amide bonds. The fourth-order valence-corrected chi connectivity index (χ4v) is 3.17. The molecule has 2 atom stereocenters. The minimum Gasteiger partial charge on any atom is -0.346 e. The molecule has 1 saturated carbocycles. The van der Waals surface area contributed by atoms with Crippen molar-refractivity contribution < 1.29 is 0 Å². The summed E-state index contributed by atoms with van der Waals surface area (Å²) < 4.78 is 0. The Bertz CT molecular complexity index is 448. The van der Waals surface area contributed by atoms with Crippen molar-refractivity contribution in [2.75, 3.05) is 11.9 Å². The quantitative estimate of drug-likeness (QED) is 0.863. The van der Waals surface area contributed by atoms with E-state index in [1.807, 2.05) is 0 Å². The molecular formula is C15H27N5. The van der Waals surface area contributed by atoms with Gasteiger partial charge in [-0.15, -0.1) is 5.10 Å². The van der Waals surface area contributed by atoms with Crippen LogP contribution < -0.4 is 11.1 Å². The topological polar surface area (TPSA) is 76.7 Å². The Hall–Kier alpha value is -1.23. The molecule has 1 fully saturated rings. The van der Waals surface area contributed by atoms with Gasteiger partial charge in [0, 0.05) is 6.54 Å². The molecule has 1 heterocycles. The van der Waals surface area contributed by atoms with Gasteiger partial charge < -0.3 is 11.1 Å². The van der Waals surface area contributed by atoms with Crippen LogP contribution in [0.25, 0.3) is 0 Å². The molecule has 1 aliphatic rings. The summed E-state index contributed by atoms with van der Waals surface area (Å²) in [6.07, 6.45) is 6.57. The van der Waals surface area contributed by atoms with Crippen LogP contribution in [0.5, 0.6) is 0 Å². The molecule has 5 heteroatoms. The zero-order valence-electron chi connectivity index (χ0n) is 12.9. The number of aromatic nitrogens is 3. The standard InChI is InChI=1S/C15H27N5/c1-4-12-13(5-2)19-20-14(17-12)18-15(10-16)9-7-6-8-11(15)3/h11H,4-10,16H2,1-3H3,(H,17,18,20). The smallest absolute Gasteiger partial charge is 0.243 e. The van der Waals surface area contributed by atoms with Gasteiger partial charge in [0.1, 0.15) is 0 Å². The predicted molar refractivity (Wildman–Crippen MR) is 81.6 cm³/mol. The minimum atomic E-state index is -0.0708. The summed E-state index contributed by atoms with van der Waals surface area (Å²) in [6, 6.07) is 0. The van der Waals surface area contributed by atoms with Crippen LogP contribution in [0, 0.1) is 5.92 Å². The molecule has 1 aromatic heterocycles. The summed E-state index contributed by atoms with van der Waals surface area (Å²) >= 11 is 0. The molecule has 0 aromatic carbocycles. The maximum Gasteiger partial charge on any atom is 0.243 e. The van der Waals surface area contributed by atoms with E-state index >= 15 is 0 Å². The van der Waals surface area contributed by atoms with Crippen molar-refractivity contribution in [2.24, 2.45) is 11.7 Å². The molecule has 20 heavy (non-hydrogen) atoms. The van der Waals surface area contributed by atoms with Gasteiger partial charge in [-0.2, -0.15) is 5.10 Å². The van der Waals surface area contributed by atoms with E-state index in [0.717, 1.165) is 30.7 Å². The van der Waals surface area contributed by atoms with Gasteiger partial charge >= 0.3 is 0 Å². The van der Waals surface area contributed by atoms with E-state index in [9.17, 15) is 0 Å². The first-order chi connectivity index (χ1) is 9.65. The number of rotatable bonds is 5. The second-order valence-corrected chi connectivity index (χ2v) is 5.87. The summed E-state index contributed by atoms with van der Waals surface area (Å²) in [5.41, 5.74) is 8.03. The molecule has 1 aromatic rings. The van der Waals surface area contributed by atoms with Gasteiger partial charge in [-0.25, -0.2) is 4.98 Å². The summed E-state index contributed by atoms with van der Waals surface area (Å²) in [4.78, 5) is 4.64. The largest absolute Gasteiger partial charge is 0.346 e. The zero-order chi connectivity index (χ0) is 14.6. The van der Waals surface area contributed by atoms with Crippen LogP contribution in [0.15, 0.2) is 0 Å². The molecule has 2 unspecified atom stereocenters. The van der Waals surface area contributed by atoms with Gasteiger partial charge in [-0.1, -0.05) is 33.6 Å². The first-order valence-electron chi connectivity index (χ1n) is 7.86. The zero-order valence-corrected chi connectivity index (χ0v) is 12.9. The Morgan fingerprint density at radius 3 is 2.55 bits per heavy atom. The third-order valence-corrected chi connectivity index (χ3v) is 4.69. The molecule has 0 bridgehead atoms. The normalized spacial score (nSPS) is 26.5. The van der Waals surface area contributed by atoms with E-state index in [2.05, 4.69) is 41.3 Å². The molecule has 0 saturated heterocycles. The van der Waals surface area contributed by atoms with Crippen LogP contribution in [0.2, 0.25) is 0 Å². The van der Waals surface area contributed by atoms with Gasteiger partial charge in [0.2, 0.25) is 5.95 Å². The fourth-order valence-electron chi connectivity index (χ4n) is 3.17. The van der Waals surface area contributed by atoms with Gasteiger partial charge in [0.15, 0.2) is 0 Å². The Labute approximate surface area is 121 Å². The van der Waals surface area contributed by atoms with Crippen molar-refractivity contribution in [1.82, 2.24) is 15.2 Å². The van der Waals surface area contributed by atoms with E-state index in [1.54, 1.807) is 0 Å². The SMILES string of the molecule is CCc1nnc(NC2(CN)CCCCC2C)nc1CC. The molecule has 1 aliphatic carbocycles. The molecule has 0 aliphatic heterocycles. The Kier molecular flexibility index (Phi) is 4.91. The van der Waals surface area contributed by atoms with E-state index in [-0.39, 0.29) is 5.54 Å². The lowest BCUT2D eigenvalue weighted by atomic mass is 9.73. The molecule has 0 radical (unpaired) electrons. The third-order valence-electron chi connectivity index (χ3n) is 4.69. The number of hydrogen-bond acceptors (Lipinski definition) is 5. The van der Waals surface area contributed by atoms with Crippen molar-refractivity contribution in [3.05, 3.63) is 11.4 Å². The maximum atomic E-state index is 6.06. The number of anilines is 1. The van der Waals surface area contributed by atoms with Crippen molar-refractivity contribution >= 4 is 5.95 Å². The average molecular weight is 277 g/mol. The van der Waals surface area contributed by atoms with Crippen molar-refractivity contribution in [3.63, 3.8) is 0 Å². The lowest BCUT2D eigenvalue weighted by molar-refractivity contribution is 0.234. The van der Waals surface area contributed by atoms with Crippen LogP contribution in [-0.2, 0) is 12.8 Å². The molecule has 0 spiro atoms. The fraction of sp³-hybridized carbons (Fsp3) is 0.800. The second kappa shape index (κ2) is 6.48. The number of nitrogens with one attached hydrogen (secondary N) is 1. The minimum absolute atomic E-state index is 0.0708. The lowest BCUT2D eigenvalue weighted by Gasteiger charge is -2.42. The van der Waals surface area contributed by atoms with Gasteiger partial charge in [0.05, 0.1) is 16.9 Å². The van der Waals surface area contributed by atoms with Gasteiger partial charge in [-0.3, -0.25) is 0 Å². The monoisotopic (exact) mass is 277 g/mol. The third kappa shape index (κ3) is 2.92. The second-order valence-electron chi connectivity index (χ2n) is 5.87. The van der Waals surface area contributed by atoms with Crippen LogP contribution in [0.3, 0.4) is 0 Å².